The van der Waals surface area contributed by atoms with Crippen LogP contribution in [0.25, 0.3) is 11.4 Å². The summed E-state index contributed by atoms with van der Waals surface area (Å²) in [4.78, 5) is 15.6. The summed E-state index contributed by atoms with van der Waals surface area (Å²) in [6.07, 6.45) is 0.420. The third-order valence-corrected chi connectivity index (χ3v) is 2.86. The highest BCUT2D eigenvalue weighted by Gasteiger charge is 2.16. The Balaban J connectivity index is 2.13. The van der Waals surface area contributed by atoms with E-state index in [0.29, 0.717) is 18.1 Å². The molecule has 0 aliphatic rings. The number of carbonyl (C=O) groups is 1. The van der Waals surface area contributed by atoms with E-state index in [9.17, 15) is 4.79 Å². The Hall–Kier alpha value is -2.37. The maximum Gasteiger partial charge on any atom is 0.249 e. The fourth-order valence-electron chi connectivity index (χ4n) is 1.67. The van der Waals surface area contributed by atoms with Gasteiger partial charge in [-0.25, -0.2) is 0 Å². The zero-order chi connectivity index (χ0) is 14.5. The first-order valence-electron chi connectivity index (χ1n) is 6.41. The fraction of sp³-hybridized carbons (Fsp3) is 0.357. The average Bonchev–Trinajstić information content (AvgIpc) is 2.97. The van der Waals surface area contributed by atoms with E-state index in [-0.39, 0.29) is 11.9 Å². The Morgan fingerprint density at radius 2 is 2.10 bits per heavy atom. The van der Waals surface area contributed by atoms with Crippen LogP contribution in [0, 0.1) is 0 Å². The number of rotatable bonds is 5. The van der Waals surface area contributed by atoms with Gasteiger partial charge in [-0.1, -0.05) is 12.1 Å². The van der Waals surface area contributed by atoms with E-state index in [1.165, 1.54) is 0 Å². The van der Waals surface area contributed by atoms with Gasteiger partial charge in [-0.3, -0.25) is 4.79 Å². The summed E-state index contributed by atoms with van der Waals surface area (Å²) in [6, 6.07) is 7.05. The Labute approximate surface area is 117 Å². The number of benzene rings is 1. The van der Waals surface area contributed by atoms with Crippen molar-refractivity contribution in [3.05, 3.63) is 30.2 Å². The molecule has 0 aliphatic carbocycles. The van der Waals surface area contributed by atoms with Crippen LogP contribution in [0.1, 0.15) is 32.2 Å². The van der Waals surface area contributed by atoms with Crippen molar-refractivity contribution in [2.24, 2.45) is 0 Å². The molecule has 1 atom stereocenters. The average molecular weight is 275 g/mol. The Morgan fingerprint density at radius 1 is 1.40 bits per heavy atom. The highest BCUT2D eigenvalue weighted by atomic mass is 16.5. The second-order valence-electron chi connectivity index (χ2n) is 4.33. The normalized spacial score (nSPS) is 11.9. The lowest BCUT2D eigenvalue weighted by Crippen LogP contribution is -2.25. The largest absolute Gasteiger partial charge is 0.497 e. The second kappa shape index (κ2) is 6.18. The number of hydrogen-bond donors (Lipinski definition) is 1. The van der Waals surface area contributed by atoms with Crippen LogP contribution in [0.5, 0.6) is 5.75 Å². The van der Waals surface area contributed by atoms with Crippen molar-refractivity contribution in [1.82, 2.24) is 15.5 Å². The molecule has 0 unspecified atom stereocenters. The topological polar surface area (TPSA) is 77.2 Å². The second-order valence-corrected chi connectivity index (χ2v) is 4.33. The molecule has 1 aromatic heterocycles. The minimum atomic E-state index is -0.304. The lowest BCUT2D eigenvalue weighted by molar-refractivity contribution is -0.121. The molecule has 20 heavy (non-hydrogen) atoms. The van der Waals surface area contributed by atoms with Crippen LogP contribution in [-0.4, -0.2) is 23.2 Å². The van der Waals surface area contributed by atoms with Crippen molar-refractivity contribution in [3.63, 3.8) is 0 Å². The number of nitrogens with one attached hydrogen (secondary N) is 1. The molecule has 1 N–H and O–H groups in total. The van der Waals surface area contributed by atoms with Crippen molar-refractivity contribution < 1.29 is 14.1 Å². The molecular formula is C14H17N3O3. The van der Waals surface area contributed by atoms with E-state index < -0.39 is 0 Å². The number of methoxy groups -OCH3 is 1. The number of ether oxygens (including phenoxy) is 1. The molecule has 0 fully saturated rings. The first-order chi connectivity index (χ1) is 9.63. The van der Waals surface area contributed by atoms with Crippen molar-refractivity contribution in [3.8, 4) is 17.1 Å². The van der Waals surface area contributed by atoms with Crippen molar-refractivity contribution in [2.75, 3.05) is 7.11 Å². The minimum absolute atomic E-state index is 0.0540. The van der Waals surface area contributed by atoms with Crippen LogP contribution >= 0.6 is 0 Å². The first-order valence-corrected chi connectivity index (χ1v) is 6.41. The smallest absolute Gasteiger partial charge is 0.249 e. The molecule has 0 aliphatic heterocycles. The molecule has 0 saturated heterocycles. The maximum absolute atomic E-state index is 11.3. The molecule has 1 amide bonds. The Bertz CT molecular complexity index is 578. The highest BCUT2D eigenvalue weighted by molar-refractivity contribution is 5.75. The van der Waals surface area contributed by atoms with Crippen LogP contribution in [0.3, 0.4) is 0 Å². The molecule has 0 bridgehead atoms. The van der Waals surface area contributed by atoms with Gasteiger partial charge in [-0.2, -0.15) is 4.98 Å². The molecule has 2 rings (SSSR count). The third-order valence-electron chi connectivity index (χ3n) is 2.86. The molecule has 1 aromatic carbocycles. The zero-order valence-corrected chi connectivity index (χ0v) is 11.7. The summed E-state index contributed by atoms with van der Waals surface area (Å²) in [5.41, 5.74) is 0.829. The number of carbonyl (C=O) groups excluding carboxylic acids is 1. The predicted octanol–water partition coefficient (Wildman–Crippen LogP) is 2.33. The first kappa shape index (κ1) is 14.0. The minimum Gasteiger partial charge on any atom is -0.497 e. The summed E-state index contributed by atoms with van der Waals surface area (Å²) in [5.74, 6) is 1.58. The SMILES string of the molecule is CCC(=O)N[C@@H](C)c1nc(-c2ccc(OC)cc2)no1. The van der Waals surface area contributed by atoms with E-state index in [2.05, 4.69) is 15.5 Å². The summed E-state index contributed by atoms with van der Waals surface area (Å²) in [5, 5.41) is 6.69. The van der Waals surface area contributed by atoms with Crippen molar-refractivity contribution in [2.45, 2.75) is 26.3 Å². The molecule has 0 radical (unpaired) electrons. The van der Waals surface area contributed by atoms with Crippen LogP contribution in [0.2, 0.25) is 0 Å². The van der Waals surface area contributed by atoms with Gasteiger partial charge in [0.1, 0.15) is 11.8 Å². The highest BCUT2D eigenvalue weighted by Crippen LogP contribution is 2.21. The predicted molar refractivity (Wildman–Crippen MR) is 73.1 cm³/mol. The summed E-state index contributed by atoms with van der Waals surface area (Å²) in [7, 11) is 1.61. The summed E-state index contributed by atoms with van der Waals surface area (Å²) in [6.45, 7) is 3.59. The van der Waals surface area contributed by atoms with E-state index in [1.54, 1.807) is 21.0 Å². The monoisotopic (exact) mass is 275 g/mol. The number of amides is 1. The quantitative estimate of drug-likeness (QED) is 0.906. The summed E-state index contributed by atoms with van der Waals surface area (Å²) >= 11 is 0. The Kier molecular flexibility index (Phi) is 4.34. The van der Waals surface area contributed by atoms with Gasteiger partial charge in [0.25, 0.3) is 0 Å². The summed E-state index contributed by atoms with van der Waals surface area (Å²) < 4.78 is 10.3. The standard InChI is InChI=1S/C14H17N3O3/c1-4-12(18)15-9(2)14-16-13(17-20-14)10-5-7-11(19-3)8-6-10/h5-9H,4H2,1-3H3,(H,15,18)/t9-/m0/s1. The van der Waals surface area contributed by atoms with E-state index in [0.717, 1.165) is 11.3 Å². The molecule has 2 aromatic rings. The molecule has 106 valence electrons. The van der Waals surface area contributed by atoms with Gasteiger partial charge >= 0.3 is 0 Å². The lowest BCUT2D eigenvalue weighted by Gasteiger charge is -2.07. The van der Waals surface area contributed by atoms with Gasteiger partial charge in [-0.15, -0.1) is 0 Å². The van der Waals surface area contributed by atoms with E-state index in [4.69, 9.17) is 9.26 Å². The lowest BCUT2D eigenvalue weighted by atomic mass is 10.2. The number of hydrogen-bond acceptors (Lipinski definition) is 5. The van der Waals surface area contributed by atoms with Crippen LogP contribution < -0.4 is 10.1 Å². The van der Waals surface area contributed by atoms with Gasteiger partial charge < -0.3 is 14.6 Å². The van der Waals surface area contributed by atoms with Gasteiger partial charge in [0.2, 0.25) is 17.6 Å². The van der Waals surface area contributed by atoms with E-state index >= 15 is 0 Å². The van der Waals surface area contributed by atoms with Gasteiger partial charge in [0.15, 0.2) is 0 Å². The number of aromatic nitrogens is 2. The maximum atomic E-state index is 11.3. The van der Waals surface area contributed by atoms with Crippen LogP contribution in [0.4, 0.5) is 0 Å². The number of nitrogens with zero attached hydrogens (tertiary/aromatic N) is 2. The third kappa shape index (κ3) is 3.14. The van der Waals surface area contributed by atoms with E-state index in [1.807, 2.05) is 24.3 Å². The van der Waals surface area contributed by atoms with Crippen molar-refractivity contribution >= 4 is 5.91 Å². The molecule has 6 heteroatoms. The molecular weight excluding hydrogens is 258 g/mol. The van der Waals surface area contributed by atoms with Gasteiger partial charge in [0, 0.05) is 12.0 Å². The van der Waals surface area contributed by atoms with Crippen LogP contribution in [0.15, 0.2) is 28.8 Å². The Morgan fingerprint density at radius 3 is 2.70 bits per heavy atom. The van der Waals surface area contributed by atoms with Crippen molar-refractivity contribution in [1.29, 1.82) is 0 Å². The molecule has 0 spiro atoms. The van der Waals surface area contributed by atoms with Crippen LogP contribution in [-0.2, 0) is 4.79 Å². The fourth-order valence-corrected chi connectivity index (χ4v) is 1.67. The molecule has 6 nitrogen and oxygen atoms in total. The molecule has 1 heterocycles. The zero-order valence-electron chi connectivity index (χ0n) is 11.7. The van der Waals surface area contributed by atoms with Gasteiger partial charge in [0.05, 0.1) is 7.11 Å². The molecule has 0 saturated carbocycles. The van der Waals surface area contributed by atoms with Gasteiger partial charge in [-0.05, 0) is 31.2 Å².